The third-order valence-corrected chi connectivity index (χ3v) is 4.44. The van der Waals surface area contributed by atoms with Crippen LogP contribution in [0.15, 0.2) is 45.3 Å². The average Bonchev–Trinajstić information content (AvgIpc) is 2.33. The number of halogens is 4. The lowest BCUT2D eigenvalue weighted by Gasteiger charge is -2.14. The zero-order valence-electron chi connectivity index (χ0n) is 9.71. The summed E-state index contributed by atoms with van der Waals surface area (Å²) in [7, 11) is 0. The van der Waals surface area contributed by atoms with Crippen molar-refractivity contribution in [3.63, 3.8) is 0 Å². The summed E-state index contributed by atoms with van der Waals surface area (Å²) in [6, 6.07) is 9.61. The van der Waals surface area contributed by atoms with Gasteiger partial charge in [0.1, 0.15) is 5.82 Å². The molecule has 0 aliphatic rings. The Morgan fingerprint density at radius 2 is 1.84 bits per heavy atom. The van der Waals surface area contributed by atoms with Crippen LogP contribution in [0.4, 0.5) is 4.39 Å². The van der Waals surface area contributed by atoms with E-state index in [0.717, 1.165) is 14.5 Å². The summed E-state index contributed by atoms with van der Waals surface area (Å²) < 4.78 is 14.7. The minimum absolute atomic E-state index is 0.318. The lowest BCUT2D eigenvalue weighted by molar-refractivity contribution is 0.177. The standard InChI is InChI=1S/C14H10Br2ClFO/c15-12-4-2-10(18)5-8(12)6-14(19)11-3-1-9(17)7-13(11)16/h1-5,7,14,19H,6H2. The van der Waals surface area contributed by atoms with Crippen molar-refractivity contribution in [1.29, 1.82) is 0 Å². The van der Waals surface area contributed by atoms with Gasteiger partial charge in [0.2, 0.25) is 0 Å². The second kappa shape index (κ2) is 6.35. The molecule has 0 bridgehead atoms. The van der Waals surface area contributed by atoms with Crippen LogP contribution >= 0.6 is 43.5 Å². The van der Waals surface area contributed by atoms with Gasteiger partial charge in [0.05, 0.1) is 6.10 Å². The Labute approximate surface area is 132 Å². The maximum Gasteiger partial charge on any atom is 0.123 e. The van der Waals surface area contributed by atoms with Crippen molar-refractivity contribution in [3.05, 3.63) is 67.3 Å². The van der Waals surface area contributed by atoms with Crippen LogP contribution in [0.1, 0.15) is 17.2 Å². The SMILES string of the molecule is OC(Cc1cc(F)ccc1Br)c1ccc(Cl)cc1Br. The van der Waals surface area contributed by atoms with E-state index in [1.54, 1.807) is 24.3 Å². The topological polar surface area (TPSA) is 20.2 Å². The predicted molar refractivity (Wildman–Crippen MR) is 81.9 cm³/mol. The molecule has 2 rings (SSSR count). The van der Waals surface area contributed by atoms with Gasteiger partial charge in [-0.1, -0.05) is 49.5 Å². The van der Waals surface area contributed by atoms with Crippen LogP contribution in [0.3, 0.4) is 0 Å². The summed E-state index contributed by atoms with van der Waals surface area (Å²) in [5.74, 6) is -0.319. The zero-order chi connectivity index (χ0) is 14.0. The minimum Gasteiger partial charge on any atom is -0.388 e. The van der Waals surface area contributed by atoms with Crippen molar-refractivity contribution in [2.45, 2.75) is 12.5 Å². The smallest absolute Gasteiger partial charge is 0.123 e. The van der Waals surface area contributed by atoms with E-state index in [0.29, 0.717) is 17.0 Å². The molecular formula is C14H10Br2ClFO. The van der Waals surface area contributed by atoms with E-state index >= 15 is 0 Å². The fourth-order valence-corrected chi connectivity index (χ4v) is 3.15. The van der Waals surface area contributed by atoms with E-state index in [1.807, 2.05) is 0 Å². The zero-order valence-corrected chi connectivity index (χ0v) is 13.6. The molecule has 1 unspecified atom stereocenters. The molecule has 5 heteroatoms. The molecule has 0 spiro atoms. The van der Waals surface area contributed by atoms with Crippen LogP contribution in [0.25, 0.3) is 0 Å². The molecule has 100 valence electrons. The Morgan fingerprint density at radius 1 is 1.11 bits per heavy atom. The molecule has 0 aliphatic carbocycles. The lowest BCUT2D eigenvalue weighted by Crippen LogP contribution is -2.03. The van der Waals surface area contributed by atoms with Gasteiger partial charge in [0.25, 0.3) is 0 Å². The maximum atomic E-state index is 13.2. The first-order valence-electron chi connectivity index (χ1n) is 5.54. The first kappa shape index (κ1) is 15.0. The Bertz CT molecular complexity index is 604. The summed E-state index contributed by atoms with van der Waals surface area (Å²) in [5, 5.41) is 10.8. The molecule has 0 fully saturated rings. The molecule has 1 atom stereocenters. The highest BCUT2D eigenvalue weighted by atomic mass is 79.9. The van der Waals surface area contributed by atoms with Gasteiger partial charge in [-0.15, -0.1) is 0 Å². The second-order valence-corrected chi connectivity index (χ2v) is 6.27. The number of rotatable bonds is 3. The molecule has 19 heavy (non-hydrogen) atoms. The van der Waals surface area contributed by atoms with E-state index in [-0.39, 0.29) is 5.82 Å². The van der Waals surface area contributed by atoms with Gasteiger partial charge < -0.3 is 5.11 Å². The fraction of sp³-hybridized carbons (Fsp3) is 0.143. The van der Waals surface area contributed by atoms with Gasteiger partial charge in [-0.05, 0) is 41.5 Å². The molecule has 0 aromatic heterocycles. The fourth-order valence-electron chi connectivity index (χ4n) is 1.79. The average molecular weight is 408 g/mol. The molecule has 2 aromatic rings. The largest absolute Gasteiger partial charge is 0.388 e. The lowest BCUT2D eigenvalue weighted by atomic mass is 10.0. The van der Waals surface area contributed by atoms with Gasteiger partial charge in [-0.25, -0.2) is 4.39 Å². The second-order valence-electron chi connectivity index (χ2n) is 4.12. The van der Waals surface area contributed by atoms with E-state index in [2.05, 4.69) is 31.9 Å². The molecule has 0 aliphatic heterocycles. The number of aliphatic hydroxyl groups excluding tert-OH is 1. The van der Waals surface area contributed by atoms with Crippen molar-refractivity contribution in [3.8, 4) is 0 Å². The quantitative estimate of drug-likeness (QED) is 0.733. The molecule has 0 radical (unpaired) electrons. The summed E-state index contributed by atoms with van der Waals surface area (Å²) in [5.41, 5.74) is 1.44. The van der Waals surface area contributed by atoms with E-state index < -0.39 is 6.10 Å². The number of benzene rings is 2. The van der Waals surface area contributed by atoms with Crippen LogP contribution in [0.2, 0.25) is 5.02 Å². The molecule has 0 amide bonds. The number of hydrogen-bond acceptors (Lipinski definition) is 1. The van der Waals surface area contributed by atoms with Crippen molar-refractivity contribution >= 4 is 43.5 Å². The van der Waals surface area contributed by atoms with E-state index in [9.17, 15) is 9.50 Å². The Kier molecular flexibility index (Phi) is 5.01. The molecule has 2 aromatic carbocycles. The molecule has 0 saturated carbocycles. The van der Waals surface area contributed by atoms with Gasteiger partial charge in [-0.2, -0.15) is 0 Å². The first-order valence-corrected chi connectivity index (χ1v) is 7.50. The van der Waals surface area contributed by atoms with Crippen LogP contribution in [-0.4, -0.2) is 5.11 Å². The molecular weight excluding hydrogens is 398 g/mol. The van der Waals surface area contributed by atoms with E-state index in [4.69, 9.17) is 11.6 Å². The molecule has 0 heterocycles. The van der Waals surface area contributed by atoms with E-state index in [1.165, 1.54) is 12.1 Å². The molecule has 1 nitrogen and oxygen atoms in total. The van der Waals surface area contributed by atoms with Crippen LogP contribution < -0.4 is 0 Å². The normalized spacial score (nSPS) is 12.5. The van der Waals surface area contributed by atoms with Crippen molar-refractivity contribution < 1.29 is 9.50 Å². The van der Waals surface area contributed by atoms with Crippen molar-refractivity contribution in [2.24, 2.45) is 0 Å². The highest BCUT2D eigenvalue weighted by Gasteiger charge is 2.14. The number of hydrogen-bond donors (Lipinski definition) is 1. The third-order valence-electron chi connectivity index (χ3n) is 2.74. The predicted octanol–water partition coefficient (Wildman–Crippen LogP) is 5.28. The van der Waals surface area contributed by atoms with Gasteiger partial charge in [0, 0.05) is 20.4 Å². The third kappa shape index (κ3) is 3.78. The molecule has 1 N–H and O–H groups in total. The highest BCUT2D eigenvalue weighted by Crippen LogP contribution is 2.30. The minimum atomic E-state index is -0.732. The van der Waals surface area contributed by atoms with Crippen molar-refractivity contribution in [1.82, 2.24) is 0 Å². The van der Waals surface area contributed by atoms with Gasteiger partial charge in [-0.3, -0.25) is 0 Å². The summed E-state index contributed by atoms with van der Waals surface area (Å²) in [4.78, 5) is 0. The maximum absolute atomic E-state index is 13.2. The summed E-state index contributed by atoms with van der Waals surface area (Å²) >= 11 is 12.6. The van der Waals surface area contributed by atoms with Crippen LogP contribution in [-0.2, 0) is 6.42 Å². The Hall–Kier alpha value is -0.420. The van der Waals surface area contributed by atoms with Gasteiger partial charge in [0.15, 0.2) is 0 Å². The number of aliphatic hydroxyl groups is 1. The Balaban J connectivity index is 2.25. The van der Waals surface area contributed by atoms with Crippen LogP contribution in [0.5, 0.6) is 0 Å². The van der Waals surface area contributed by atoms with Gasteiger partial charge >= 0.3 is 0 Å². The monoisotopic (exact) mass is 406 g/mol. The first-order chi connectivity index (χ1) is 8.97. The Morgan fingerprint density at radius 3 is 2.53 bits per heavy atom. The summed E-state index contributed by atoms with van der Waals surface area (Å²) in [6.07, 6.45) is -0.414. The van der Waals surface area contributed by atoms with Crippen molar-refractivity contribution in [2.75, 3.05) is 0 Å². The molecule has 0 saturated heterocycles. The highest BCUT2D eigenvalue weighted by molar-refractivity contribution is 9.10. The van der Waals surface area contributed by atoms with Crippen LogP contribution in [0, 0.1) is 5.82 Å². The summed E-state index contributed by atoms with van der Waals surface area (Å²) in [6.45, 7) is 0.